The third-order valence-corrected chi connectivity index (χ3v) is 2.08. The quantitative estimate of drug-likeness (QED) is 0.595. The Morgan fingerprint density at radius 3 is 2.83 bits per heavy atom. The molecule has 0 radical (unpaired) electrons. The number of hydrogen-bond acceptors (Lipinski definition) is 4. The Kier molecular flexibility index (Phi) is 1.44. The van der Waals surface area contributed by atoms with Gasteiger partial charge in [0.1, 0.15) is 11.6 Å². The lowest BCUT2D eigenvalue weighted by Crippen LogP contribution is -1.99. The minimum Gasteiger partial charge on any atom is -0.506 e. The molecular weight excluding hydrogens is 156 g/mol. The SMILES string of the molecule is Cc1nc(N)c2c(c1O)COC2. The Bertz CT molecular complexity index is 336. The van der Waals surface area contributed by atoms with Gasteiger partial charge in [-0.15, -0.1) is 0 Å². The molecule has 64 valence electrons. The van der Waals surface area contributed by atoms with E-state index in [1.54, 1.807) is 6.92 Å². The van der Waals surface area contributed by atoms with E-state index in [1.807, 2.05) is 0 Å². The summed E-state index contributed by atoms with van der Waals surface area (Å²) in [4.78, 5) is 3.99. The summed E-state index contributed by atoms with van der Waals surface area (Å²) in [7, 11) is 0. The first-order chi connectivity index (χ1) is 5.70. The molecule has 0 bridgehead atoms. The molecule has 0 unspecified atom stereocenters. The van der Waals surface area contributed by atoms with Crippen molar-refractivity contribution in [3.05, 3.63) is 16.8 Å². The predicted molar refractivity (Wildman–Crippen MR) is 43.5 cm³/mol. The van der Waals surface area contributed by atoms with E-state index in [1.165, 1.54) is 0 Å². The third-order valence-electron chi connectivity index (χ3n) is 2.08. The number of aromatic hydroxyl groups is 1. The van der Waals surface area contributed by atoms with Gasteiger partial charge in [0.05, 0.1) is 18.9 Å². The fourth-order valence-corrected chi connectivity index (χ4v) is 1.39. The number of ether oxygens (including phenoxy) is 1. The molecule has 1 aromatic heterocycles. The van der Waals surface area contributed by atoms with Crippen molar-refractivity contribution in [2.24, 2.45) is 0 Å². The van der Waals surface area contributed by atoms with Crippen molar-refractivity contribution < 1.29 is 9.84 Å². The number of fused-ring (bicyclic) bond motifs is 1. The van der Waals surface area contributed by atoms with Gasteiger partial charge in [-0.1, -0.05) is 0 Å². The first-order valence-electron chi connectivity index (χ1n) is 3.74. The van der Waals surface area contributed by atoms with E-state index in [9.17, 15) is 5.11 Å². The van der Waals surface area contributed by atoms with Gasteiger partial charge in [0.25, 0.3) is 0 Å². The van der Waals surface area contributed by atoms with Crippen LogP contribution in [0.3, 0.4) is 0 Å². The van der Waals surface area contributed by atoms with Gasteiger partial charge in [0.15, 0.2) is 0 Å². The first-order valence-corrected chi connectivity index (χ1v) is 3.74. The minimum absolute atomic E-state index is 0.219. The standard InChI is InChI=1S/C8H10N2O2/c1-4-7(11)5-2-12-3-6(5)8(9)10-4/h11H,2-3H2,1H3,(H2,9,10). The van der Waals surface area contributed by atoms with Crippen LogP contribution < -0.4 is 5.73 Å². The average molecular weight is 166 g/mol. The van der Waals surface area contributed by atoms with Crippen LogP contribution in [0, 0.1) is 6.92 Å². The second-order valence-electron chi connectivity index (χ2n) is 2.88. The van der Waals surface area contributed by atoms with Crippen molar-refractivity contribution in [1.29, 1.82) is 0 Å². The monoisotopic (exact) mass is 166 g/mol. The summed E-state index contributed by atoms with van der Waals surface area (Å²) in [5.74, 6) is 0.689. The maximum atomic E-state index is 9.54. The van der Waals surface area contributed by atoms with Crippen molar-refractivity contribution >= 4 is 5.82 Å². The number of pyridine rings is 1. The van der Waals surface area contributed by atoms with Gasteiger partial charge in [-0.25, -0.2) is 4.98 Å². The van der Waals surface area contributed by atoms with Gasteiger partial charge in [-0.2, -0.15) is 0 Å². The average Bonchev–Trinajstić information content (AvgIpc) is 2.48. The molecule has 0 aliphatic carbocycles. The predicted octanol–water partition coefficient (Wildman–Crippen LogP) is 0.708. The molecule has 4 heteroatoms. The molecule has 3 N–H and O–H groups in total. The Balaban J connectivity index is 2.69. The number of nitrogen functional groups attached to an aromatic ring is 1. The lowest BCUT2D eigenvalue weighted by Gasteiger charge is -2.05. The lowest BCUT2D eigenvalue weighted by molar-refractivity contribution is 0.133. The van der Waals surface area contributed by atoms with Crippen LogP contribution in [0.1, 0.15) is 16.8 Å². The van der Waals surface area contributed by atoms with Crippen LogP contribution >= 0.6 is 0 Å². The van der Waals surface area contributed by atoms with Crippen LogP contribution in [0.25, 0.3) is 0 Å². The summed E-state index contributed by atoms with van der Waals surface area (Å²) >= 11 is 0. The highest BCUT2D eigenvalue weighted by atomic mass is 16.5. The third kappa shape index (κ3) is 0.848. The van der Waals surface area contributed by atoms with Crippen molar-refractivity contribution in [3.8, 4) is 5.75 Å². The van der Waals surface area contributed by atoms with E-state index < -0.39 is 0 Å². The molecule has 0 amide bonds. The van der Waals surface area contributed by atoms with E-state index in [0.29, 0.717) is 24.7 Å². The molecule has 1 aliphatic heterocycles. The highest BCUT2D eigenvalue weighted by Gasteiger charge is 2.20. The number of nitrogens with zero attached hydrogens (tertiary/aromatic N) is 1. The van der Waals surface area contributed by atoms with Crippen LogP contribution in [0.15, 0.2) is 0 Å². The summed E-state index contributed by atoms with van der Waals surface area (Å²) < 4.78 is 5.15. The molecule has 4 nitrogen and oxygen atoms in total. The van der Waals surface area contributed by atoms with Crippen LogP contribution in [-0.4, -0.2) is 10.1 Å². The highest BCUT2D eigenvalue weighted by molar-refractivity contribution is 5.53. The number of anilines is 1. The van der Waals surface area contributed by atoms with E-state index >= 15 is 0 Å². The molecule has 0 saturated heterocycles. The van der Waals surface area contributed by atoms with Crippen molar-refractivity contribution in [2.45, 2.75) is 20.1 Å². The maximum absolute atomic E-state index is 9.54. The number of rotatable bonds is 0. The fraction of sp³-hybridized carbons (Fsp3) is 0.375. The topological polar surface area (TPSA) is 68.4 Å². The summed E-state index contributed by atoms with van der Waals surface area (Å²) in [6.07, 6.45) is 0. The molecule has 1 aromatic rings. The number of aromatic nitrogens is 1. The molecule has 1 aliphatic rings. The summed E-state index contributed by atoms with van der Waals surface area (Å²) in [6.45, 7) is 2.63. The maximum Gasteiger partial charge on any atom is 0.142 e. The first kappa shape index (κ1) is 7.36. The van der Waals surface area contributed by atoms with Gasteiger partial charge in [-0.3, -0.25) is 0 Å². The van der Waals surface area contributed by atoms with E-state index in [-0.39, 0.29) is 5.75 Å². The van der Waals surface area contributed by atoms with Crippen molar-refractivity contribution in [3.63, 3.8) is 0 Å². The molecule has 0 atom stereocenters. The Labute approximate surface area is 70.0 Å². The smallest absolute Gasteiger partial charge is 0.142 e. The second kappa shape index (κ2) is 2.35. The minimum atomic E-state index is 0.219. The van der Waals surface area contributed by atoms with Crippen LogP contribution in [0.4, 0.5) is 5.82 Å². The molecule has 2 rings (SSSR count). The summed E-state index contributed by atoms with van der Waals surface area (Å²) in [5, 5.41) is 9.54. The summed E-state index contributed by atoms with van der Waals surface area (Å²) in [6, 6.07) is 0. The van der Waals surface area contributed by atoms with Crippen LogP contribution in [0.2, 0.25) is 0 Å². The number of hydrogen-bond donors (Lipinski definition) is 2. The van der Waals surface area contributed by atoms with Gasteiger partial charge in [0, 0.05) is 11.1 Å². The van der Waals surface area contributed by atoms with Crippen molar-refractivity contribution in [2.75, 3.05) is 5.73 Å². The van der Waals surface area contributed by atoms with Gasteiger partial charge in [0.2, 0.25) is 0 Å². The fourth-order valence-electron chi connectivity index (χ4n) is 1.39. The lowest BCUT2D eigenvalue weighted by atomic mass is 10.1. The molecule has 2 heterocycles. The second-order valence-corrected chi connectivity index (χ2v) is 2.88. The largest absolute Gasteiger partial charge is 0.506 e. The zero-order valence-corrected chi connectivity index (χ0v) is 6.79. The Morgan fingerprint density at radius 2 is 2.08 bits per heavy atom. The Hall–Kier alpha value is -1.29. The van der Waals surface area contributed by atoms with Gasteiger partial charge in [-0.05, 0) is 6.92 Å². The molecular formula is C8H10N2O2. The van der Waals surface area contributed by atoms with E-state index in [0.717, 1.165) is 11.1 Å². The Morgan fingerprint density at radius 1 is 1.42 bits per heavy atom. The normalized spacial score (nSPS) is 14.8. The molecule has 0 spiro atoms. The zero-order chi connectivity index (χ0) is 8.72. The van der Waals surface area contributed by atoms with Crippen LogP contribution in [0.5, 0.6) is 5.75 Å². The van der Waals surface area contributed by atoms with Gasteiger partial charge < -0.3 is 15.6 Å². The number of aryl methyl sites for hydroxylation is 1. The molecule has 0 fully saturated rings. The zero-order valence-electron chi connectivity index (χ0n) is 6.79. The highest BCUT2D eigenvalue weighted by Crippen LogP contribution is 2.32. The van der Waals surface area contributed by atoms with E-state index in [2.05, 4.69) is 4.98 Å². The van der Waals surface area contributed by atoms with E-state index in [4.69, 9.17) is 10.5 Å². The van der Waals surface area contributed by atoms with Crippen molar-refractivity contribution in [1.82, 2.24) is 4.98 Å². The van der Waals surface area contributed by atoms with Crippen LogP contribution in [-0.2, 0) is 18.0 Å². The van der Waals surface area contributed by atoms with Gasteiger partial charge >= 0.3 is 0 Å². The molecule has 0 saturated carbocycles. The number of nitrogens with two attached hydrogens (primary N) is 1. The molecule has 12 heavy (non-hydrogen) atoms. The molecule has 0 aromatic carbocycles. The summed E-state index contributed by atoms with van der Waals surface area (Å²) in [5.41, 5.74) is 7.83.